The summed E-state index contributed by atoms with van der Waals surface area (Å²) in [5.74, 6) is 0.307. The molecule has 0 unspecified atom stereocenters. The monoisotopic (exact) mass is 272 g/mol. The van der Waals surface area contributed by atoms with Crippen molar-refractivity contribution < 1.29 is 19.4 Å². The SMILES string of the molecule is COC(=O)c1ccccc1COc1ccc(CO)cc1. The van der Waals surface area contributed by atoms with Crippen molar-refractivity contribution in [3.8, 4) is 5.75 Å². The number of aliphatic hydroxyl groups is 1. The molecular formula is C16H16O4. The topological polar surface area (TPSA) is 55.8 Å². The third-order valence-electron chi connectivity index (χ3n) is 2.92. The lowest BCUT2D eigenvalue weighted by atomic mass is 10.1. The van der Waals surface area contributed by atoms with E-state index in [2.05, 4.69) is 0 Å². The Hall–Kier alpha value is -2.33. The van der Waals surface area contributed by atoms with Crippen LogP contribution in [0.5, 0.6) is 5.75 Å². The molecule has 0 saturated carbocycles. The van der Waals surface area contributed by atoms with Crippen molar-refractivity contribution in [2.75, 3.05) is 7.11 Å². The molecule has 0 fully saturated rings. The number of aliphatic hydroxyl groups excluding tert-OH is 1. The second-order valence-corrected chi connectivity index (χ2v) is 4.24. The van der Waals surface area contributed by atoms with Crippen molar-refractivity contribution in [3.05, 3.63) is 65.2 Å². The average Bonchev–Trinajstić information content (AvgIpc) is 2.53. The van der Waals surface area contributed by atoms with Crippen LogP contribution in [0.25, 0.3) is 0 Å². The van der Waals surface area contributed by atoms with Gasteiger partial charge in [0.25, 0.3) is 0 Å². The maximum atomic E-state index is 11.6. The zero-order chi connectivity index (χ0) is 14.4. The number of hydrogen-bond acceptors (Lipinski definition) is 4. The van der Waals surface area contributed by atoms with Crippen LogP contribution >= 0.6 is 0 Å². The first kappa shape index (κ1) is 14.1. The summed E-state index contributed by atoms with van der Waals surface area (Å²) in [7, 11) is 1.35. The number of methoxy groups -OCH3 is 1. The molecule has 0 saturated heterocycles. The van der Waals surface area contributed by atoms with Crippen LogP contribution in [0.2, 0.25) is 0 Å². The fourth-order valence-electron chi connectivity index (χ4n) is 1.81. The Bertz CT molecular complexity index is 575. The van der Waals surface area contributed by atoms with Gasteiger partial charge in [-0.1, -0.05) is 30.3 Å². The van der Waals surface area contributed by atoms with Crippen LogP contribution in [0.3, 0.4) is 0 Å². The summed E-state index contributed by atoms with van der Waals surface area (Å²) < 4.78 is 10.4. The van der Waals surface area contributed by atoms with Gasteiger partial charge in [-0.3, -0.25) is 0 Å². The summed E-state index contributed by atoms with van der Waals surface area (Å²) >= 11 is 0. The van der Waals surface area contributed by atoms with Crippen LogP contribution in [0.15, 0.2) is 48.5 Å². The van der Waals surface area contributed by atoms with E-state index in [1.54, 1.807) is 36.4 Å². The van der Waals surface area contributed by atoms with Gasteiger partial charge in [-0.05, 0) is 23.8 Å². The normalized spacial score (nSPS) is 10.1. The van der Waals surface area contributed by atoms with Gasteiger partial charge >= 0.3 is 5.97 Å². The lowest BCUT2D eigenvalue weighted by Crippen LogP contribution is -2.07. The summed E-state index contributed by atoms with van der Waals surface area (Å²) in [6, 6.07) is 14.3. The molecule has 0 bridgehead atoms. The molecule has 2 aromatic rings. The number of benzene rings is 2. The molecule has 0 aliphatic heterocycles. The predicted molar refractivity (Wildman–Crippen MR) is 74.5 cm³/mol. The van der Waals surface area contributed by atoms with Gasteiger partial charge in [0.2, 0.25) is 0 Å². The third-order valence-corrected chi connectivity index (χ3v) is 2.92. The van der Waals surface area contributed by atoms with E-state index in [4.69, 9.17) is 14.6 Å². The molecule has 0 aliphatic carbocycles. The van der Waals surface area contributed by atoms with Gasteiger partial charge < -0.3 is 14.6 Å². The molecular weight excluding hydrogens is 256 g/mol. The van der Waals surface area contributed by atoms with Crippen LogP contribution in [0.1, 0.15) is 21.5 Å². The van der Waals surface area contributed by atoms with Crippen LogP contribution in [0.4, 0.5) is 0 Å². The summed E-state index contributed by atoms with van der Waals surface area (Å²) in [5.41, 5.74) is 2.10. The smallest absolute Gasteiger partial charge is 0.338 e. The van der Waals surface area contributed by atoms with E-state index in [1.165, 1.54) is 7.11 Å². The van der Waals surface area contributed by atoms with E-state index in [0.717, 1.165) is 11.1 Å². The maximum Gasteiger partial charge on any atom is 0.338 e. The van der Waals surface area contributed by atoms with Gasteiger partial charge in [-0.25, -0.2) is 4.79 Å². The Morgan fingerprint density at radius 1 is 1.10 bits per heavy atom. The van der Waals surface area contributed by atoms with Crippen molar-refractivity contribution in [1.82, 2.24) is 0 Å². The fourth-order valence-corrected chi connectivity index (χ4v) is 1.81. The van der Waals surface area contributed by atoms with E-state index >= 15 is 0 Å². The number of rotatable bonds is 5. The molecule has 0 atom stereocenters. The number of ether oxygens (including phenoxy) is 2. The quantitative estimate of drug-likeness (QED) is 0.850. The lowest BCUT2D eigenvalue weighted by Gasteiger charge is -2.10. The Morgan fingerprint density at radius 3 is 2.45 bits per heavy atom. The molecule has 4 heteroatoms. The minimum Gasteiger partial charge on any atom is -0.489 e. The van der Waals surface area contributed by atoms with Crippen molar-refractivity contribution in [3.63, 3.8) is 0 Å². The van der Waals surface area contributed by atoms with Crippen molar-refractivity contribution in [1.29, 1.82) is 0 Å². The second kappa shape index (κ2) is 6.73. The number of carbonyl (C=O) groups excluding carboxylic acids is 1. The standard InChI is InChI=1S/C16H16O4/c1-19-16(18)15-5-3-2-4-13(15)11-20-14-8-6-12(10-17)7-9-14/h2-9,17H,10-11H2,1H3. The van der Waals surface area contributed by atoms with Gasteiger partial charge in [0.1, 0.15) is 12.4 Å². The highest BCUT2D eigenvalue weighted by atomic mass is 16.5. The zero-order valence-corrected chi connectivity index (χ0v) is 11.2. The third kappa shape index (κ3) is 3.36. The number of carbonyl (C=O) groups is 1. The Kier molecular flexibility index (Phi) is 4.74. The molecule has 0 radical (unpaired) electrons. The van der Waals surface area contributed by atoms with Crippen molar-refractivity contribution >= 4 is 5.97 Å². The number of esters is 1. The van der Waals surface area contributed by atoms with Crippen LogP contribution in [-0.4, -0.2) is 18.2 Å². The lowest BCUT2D eigenvalue weighted by molar-refractivity contribution is 0.0597. The largest absolute Gasteiger partial charge is 0.489 e. The highest BCUT2D eigenvalue weighted by molar-refractivity contribution is 5.90. The second-order valence-electron chi connectivity index (χ2n) is 4.24. The summed E-state index contributed by atoms with van der Waals surface area (Å²) in [4.78, 5) is 11.6. The average molecular weight is 272 g/mol. The number of hydrogen-bond donors (Lipinski definition) is 1. The molecule has 20 heavy (non-hydrogen) atoms. The van der Waals surface area contributed by atoms with E-state index < -0.39 is 0 Å². The molecule has 0 amide bonds. The van der Waals surface area contributed by atoms with Crippen LogP contribution in [0, 0.1) is 0 Å². The minimum atomic E-state index is -0.375. The summed E-state index contributed by atoms with van der Waals surface area (Å²) in [6.45, 7) is 0.287. The summed E-state index contributed by atoms with van der Waals surface area (Å²) in [6.07, 6.45) is 0. The Morgan fingerprint density at radius 2 is 1.80 bits per heavy atom. The Balaban J connectivity index is 2.08. The summed E-state index contributed by atoms with van der Waals surface area (Å²) in [5, 5.41) is 8.97. The molecule has 2 aromatic carbocycles. The minimum absolute atomic E-state index is 0.00541. The maximum absolute atomic E-state index is 11.6. The molecule has 0 aromatic heterocycles. The van der Waals surface area contributed by atoms with Gasteiger partial charge in [0.05, 0.1) is 19.3 Å². The molecule has 4 nitrogen and oxygen atoms in total. The molecule has 0 spiro atoms. The van der Waals surface area contributed by atoms with Gasteiger partial charge in [-0.2, -0.15) is 0 Å². The van der Waals surface area contributed by atoms with E-state index in [0.29, 0.717) is 11.3 Å². The van der Waals surface area contributed by atoms with Gasteiger partial charge in [0, 0.05) is 5.56 Å². The zero-order valence-electron chi connectivity index (χ0n) is 11.2. The Labute approximate surface area is 117 Å². The predicted octanol–water partition coefficient (Wildman–Crippen LogP) is 2.54. The molecule has 104 valence electrons. The molecule has 0 aliphatic rings. The highest BCUT2D eigenvalue weighted by Gasteiger charge is 2.11. The highest BCUT2D eigenvalue weighted by Crippen LogP contribution is 2.16. The van der Waals surface area contributed by atoms with E-state index in [9.17, 15) is 4.79 Å². The van der Waals surface area contributed by atoms with Crippen LogP contribution < -0.4 is 4.74 Å². The van der Waals surface area contributed by atoms with Crippen LogP contribution in [-0.2, 0) is 18.0 Å². The van der Waals surface area contributed by atoms with Gasteiger partial charge in [0.15, 0.2) is 0 Å². The molecule has 2 rings (SSSR count). The molecule has 1 N–H and O–H groups in total. The first-order valence-electron chi connectivity index (χ1n) is 6.23. The first-order valence-corrected chi connectivity index (χ1v) is 6.23. The molecule has 0 heterocycles. The van der Waals surface area contributed by atoms with E-state index in [1.807, 2.05) is 12.1 Å². The van der Waals surface area contributed by atoms with E-state index in [-0.39, 0.29) is 19.2 Å². The van der Waals surface area contributed by atoms with Gasteiger partial charge in [-0.15, -0.1) is 0 Å². The van der Waals surface area contributed by atoms with Crippen molar-refractivity contribution in [2.24, 2.45) is 0 Å². The first-order chi connectivity index (χ1) is 9.74. The fraction of sp³-hybridized carbons (Fsp3) is 0.188. The van der Waals surface area contributed by atoms with Crippen molar-refractivity contribution in [2.45, 2.75) is 13.2 Å².